The summed E-state index contributed by atoms with van der Waals surface area (Å²) in [5, 5.41) is 0. The van der Waals surface area contributed by atoms with Crippen LogP contribution in [0.25, 0.3) is 0 Å². The van der Waals surface area contributed by atoms with Crippen molar-refractivity contribution in [3.63, 3.8) is 0 Å². The Morgan fingerprint density at radius 2 is 0.400 bits per heavy atom. The maximum absolute atomic E-state index is 8.47. The molecule has 45 heavy (non-hydrogen) atoms. The average molecular weight is 800 g/mol. The van der Waals surface area contributed by atoms with Crippen LogP contribution < -0.4 is 0 Å². The summed E-state index contributed by atoms with van der Waals surface area (Å²) in [6, 6.07) is 67.2. The minimum absolute atomic E-state index is 1.07. The fourth-order valence-corrected chi connectivity index (χ4v) is 55.5. The summed E-state index contributed by atoms with van der Waals surface area (Å²) < 4.78 is 14.9. The van der Waals surface area contributed by atoms with Crippen LogP contribution in [0.2, 0.25) is 0 Å². The van der Waals surface area contributed by atoms with Gasteiger partial charge in [0.15, 0.2) is 0 Å². The Hall–Kier alpha value is -3.12. The van der Waals surface area contributed by atoms with Crippen LogP contribution in [-0.2, 0) is 28.0 Å². The third-order valence-electron chi connectivity index (χ3n) is 8.65. The normalized spacial score (nSPS) is 11.7. The molecule has 6 rings (SSSR count). The zero-order chi connectivity index (χ0) is 30.6. The molecule has 0 radical (unpaired) electrons. The van der Waals surface area contributed by atoms with Crippen LogP contribution in [0.1, 0.15) is 33.4 Å². The van der Waals surface area contributed by atoms with Crippen molar-refractivity contribution >= 4 is 37.6 Å². The van der Waals surface area contributed by atoms with Crippen LogP contribution in [0.5, 0.6) is 0 Å². The van der Waals surface area contributed by atoms with E-state index in [-0.39, 0.29) is 0 Å². The molecule has 0 N–H and O–H groups in total. The molecule has 0 heterocycles. The van der Waals surface area contributed by atoms with E-state index in [1.807, 2.05) is 0 Å². The molecule has 0 amide bonds. The molecule has 0 saturated carbocycles. The predicted molar refractivity (Wildman–Crippen MR) is 193 cm³/mol. The molecule has 0 aliphatic carbocycles. The first-order valence-corrected chi connectivity index (χ1v) is 30.6. The second kappa shape index (κ2) is 15.9. The van der Waals surface area contributed by atoms with Gasteiger partial charge in [-0.3, -0.25) is 0 Å². The van der Waals surface area contributed by atoms with E-state index >= 15 is 0 Å². The molecule has 3 heteroatoms. The topological polar surface area (TPSA) is 9.23 Å². The number of hydrogen-bond acceptors (Lipinski definition) is 1. The van der Waals surface area contributed by atoms with Crippen molar-refractivity contribution in [3.05, 3.63) is 215 Å². The van der Waals surface area contributed by atoms with Crippen LogP contribution in [0.4, 0.5) is 0 Å². The number of benzene rings is 6. The Bertz CT molecular complexity index is 1360. The Labute approximate surface area is 278 Å². The molecule has 0 bridgehead atoms. The van der Waals surface area contributed by atoms with E-state index in [0.717, 1.165) is 26.6 Å². The summed E-state index contributed by atoms with van der Waals surface area (Å²) in [6.07, 6.45) is 0. The van der Waals surface area contributed by atoms with Gasteiger partial charge in [0.2, 0.25) is 0 Å². The van der Waals surface area contributed by atoms with Gasteiger partial charge in [0, 0.05) is 0 Å². The van der Waals surface area contributed by atoms with E-state index in [9.17, 15) is 0 Å². The van der Waals surface area contributed by atoms with Crippen molar-refractivity contribution in [1.82, 2.24) is 0 Å². The fourth-order valence-electron chi connectivity index (χ4n) is 6.86. The molecule has 6 aromatic carbocycles. The van der Waals surface area contributed by atoms with E-state index < -0.39 is 37.6 Å². The Morgan fingerprint density at radius 3 is 0.556 bits per heavy atom. The summed E-state index contributed by atoms with van der Waals surface area (Å²) in [5.74, 6) is 0. The Balaban J connectivity index is 1.53. The van der Waals surface area contributed by atoms with E-state index in [1.165, 1.54) is 33.4 Å². The molecule has 0 aliphatic rings. The van der Waals surface area contributed by atoms with Gasteiger partial charge in [0.25, 0.3) is 0 Å². The standard InChI is InChI=1S/6C7H7.O.2Sn/c6*1-7-5-3-2-4-6-7;;;/h6*2-6H,1H2;;;. The Kier molecular flexibility index (Phi) is 11.3. The van der Waals surface area contributed by atoms with Crippen molar-refractivity contribution in [1.29, 1.82) is 0 Å². The van der Waals surface area contributed by atoms with Crippen LogP contribution in [0.3, 0.4) is 0 Å². The first-order chi connectivity index (χ1) is 22.2. The molecular formula is C42H42OSn2. The van der Waals surface area contributed by atoms with Crippen molar-refractivity contribution in [2.75, 3.05) is 0 Å². The SMILES string of the molecule is c1ccc([CH2][Sn]([CH2]c2ccccc2)([CH2]c2ccccc2)[O][Sn]([CH2]c2ccccc2)([CH2]c2ccccc2)[CH2]c2ccccc2)cc1. The monoisotopic (exact) mass is 802 g/mol. The van der Waals surface area contributed by atoms with Crippen LogP contribution in [0, 0.1) is 0 Å². The summed E-state index contributed by atoms with van der Waals surface area (Å²) in [7, 11) is 0. The van der Waals surface area contributed by atoms with Gasteiger partial charge in [0.1, 0.15) is 0 Å². The molecule has 0 aliphatic heterocycles. The zero-order valence-electron chi connectivity index (χ0n) is 26.0. The molecule has 0 spiro atoms. The molecular weight excluding hydrogens is 758 g/mol. The van der Waals surface area contributed by atoms with E-state index in [2.05, 4.69) is 182 Å². The van der Waals surface area contributed by atoms with Gasteiger partial charge in [-0.15, -0.1) is 0 Å². The average Bonchev–Trinajstić information content (AvgIpc) is 3.07. The van der Waals surface area contributed by atoms with Gasteiger partial charge in [-0.05, 0) is 0 Å². The molecule has 224 valence electrons. The van der Waals surface area contributed by atoms with Crippen LogP contribution in [-0.4, -0.2) is 37.6 Å². The third kappa shape index (κ3) is 9.45. The molecule has 0 unspecified atom stereocenters. The van der Waals surface area contributed by atoms with Gasteiger partial charge in [-0.1, -0.05) is 0 Å². The van der Waals surface area contributed by atoms with Crippen LogP contribution >= 0.6 is 0 Å². The summed E-state index contributed by atoms with van der Waals surface area (Å²) in [4.78, 5) is 0. The van der Waals surface area contributed by atoms with Crippen molar-refractivity contribution < 1.29 is 1.41 Å². The molecule has 0 atom stereocenters. The van der Waals surface area contributed by atoms with E-state index in [4.69, 9.17) is 1.41 Å². The fraction of sp³-hybridized carbons (Fsp3) is 0.143. The summed E-state index contributed by atoms with van der Waals surface area (Å²) >= 11 is -7.20. The molecule has 0 fully saturated rings. The third-order valence-corrected chi connectivity index (χ3v) is 45.7. The summed E-state index contributed by atoms with van der Waals surface area (Å²) in [5.41, 5.74) is 8.50. The number of rotatable bonds is 14. The second-order valence-corrected chi connectivity index (χ2v) is 36.5. The van der Waals surface area contributed by atoms with E-state index in [0.29, 0.717) is 0 Å². The predicted octanol–water partition coefficient (Wildman–Crippen LogP) is 9.59. The van der Waals surface area contributed by atoms with Gasteiger partial charge < -0.3 is 0 Å². The van der Waals surface area contributed by atoms with Gasteiger partial charge >= 0.3 is 281 Å². The zero-order valence-corrected chi connectivity index (χ0v) is 31.7. The summed E-state index contributed by atoms with van der Waals surface area (Å²) in [6.45, 7) is 0. The van der Waals surface area contributed by atoms with Crippen molar-refractivity contribution in [2.45, 2.75) is 26.6 Å². The molecule has 0 aromatic heterocycles. The number of hydrogen-bond donors (Lipinski definition) is 0. The molecule has 6 aromatic rings. The second-order valence-electron chi connectivity index (χ2n) is 12.4. The minimum atomic E-state index is -3.60. The van der Waals surface area contributed by atoms with Crippen LogP contribution in [0.15, 0.2) is 182 Å². The van der Waals surface area contributed by atoms with Crippen molar-refractivity contribution in [3.8, 4) is 0 Å². The Morgan fingerprint density at radius 1 is 0.244 bits per heavy atom. The first kappa shape index (κ1) is 31.8. The van der Waals surface area contributed by atoms with Gasteiger partial charge in [0.05, 0.1) is 0 Å². The van der Waals surface area contributed by atoms with Gasteiger partial charge in [-0.2, -0.15) is 0 Å². The maximum atomic E-state index is 8.47. The molecule has 1 nitrogen and oxygen atoms in total. The van der Waals surface area contributed by atoms with E-state index in [1.54, 1.807) is 0 Å². The first-order valence-electron chi connectivity index (χ1n) is 16.1. The molecule has 0 saturated heterocycles. The van der Waals surface area contributed by atoms with Crippen molar-refractivity contribution in [2.24, 2.45) is 0 Å². The van der Waals surface area contributed by atoms with Gasteiger partial charge in [-0.25, -0.2) is 0 Å². The quantitative estimate of drug-likeness (QED) is 0.0999.